The number of carbonyl (C=O) groups is 1. The summed E-state index contributed by atoms with van der Waals surface area (Å²) < 4.78 is 0. The van der Waals surface area contributed by atoms with Crippen molar-refractivity contribution in [3.05, 3.63) is 23.8 Å². The molecular weight excluding hydrogens is 218 g/mol. The maximum Gasteiger partial charge on any atom is 0.305 e. The summed E-state index contributed by atoms with van der Waals surface area (Å²) in [5.74, 6) is -0.804. The molecular formula is C12H13N3O2. The number of benzene rings is 1. The van der Waals surface area contributed by atoms with E-state index in [4.69, 9.17) is 10.4 Å². The van der Waals surface area contributed by atoms with E-state index in [0.29, 0.717) is 12.1 Å². The molecule has 88 valence electrons. The molecule has 2 N–H and O–H groups in total. The molecule has 5 nitrogen and oxygen atoms in total. The van der Waals surface area contributed by atoms with Gasteiger partial charge in [-0.2, -0.15) is 5.26 Å². The highest BCUT2D eigenvalue weighted by Crippen LogP contribution is 2.29. The number of hydrogen-bond acceptors (Lipinski definition) is 4. The van der Waals surface area contributed by atoms with Crippen LogP contribution in [-0.4, -0.2) is 30.7 Å². The number of hydrogen-bond donors (Lipinski definition) is 2. The molecule has 0 spiro atoms. The van der Waals surface area contributed by atoms with Crippen molar-refractivity contribution in [2.45, 2.75) is 6.42 Å². The molecule has 0 saturated carbocycles. The summed E-state index contributed by atoms with van der Waals surface area (Å²) in [5, 5.41) is 20.8. The molecule has 17 heavy (non-hydrogen) atoms. The third-order valence-corrected chi connectivity index (χ3v) is 2.76. The minimum Gasteiger partial charge on any atom is -0.481 e. The molecule has 1 aliphatic rings. The van der Waals surface area contributed by atoms with Crippen molar-refractivity contribution in [2.75, 3.05) is 29.9 Å². The number of nitrogens with one attached hydrogen (secondary N) is 1. The van der Waals surface area contributed by atoms with Gasteiger partial charge in [-0.05, 0) is 18.2 Å². The van der Waals surface area contributed by atoms with Gasteiger partial charge in [0, 0.05) is 19.6 Å². The van der Waals surface area contributed by atoms with E-state index in [1.807, 2.05) is 11.0 Å². The van der Waals surface area contributed by atoms with Crippen LogP contribution in [0.1, 0.15) is 12.0 Å². The lowest BCUT2D eigenvalue weighted by atomic mass is 10.1. The molecule has 0 fully saturated rings. The molecule has 0 aliphatic carbocycles. The third kappa shape index (κ3) is 2.48. The second kappa shape index (κ2) is 4.74. The fraction of sp³-hybridized carbons (Fsp3) is 0.333. The Morgan fingerprint density at radius 3 is 3.12 bits per heavy atom. The van der Waals surface area contributed by atoms with Gasteiger partial charge < -0.3 is 15.3 Å². The predicted octanol–water partition coefficient (Wildman–Crippen LogP) is 1.26. The quantitative estimate of drug-likeness (QED) is 0.819. The lowest BCUT2D eigenvalue weighted by Gasteiger charge is -2.31. The van der Waals surface area contributed by atoms with Gasteiger partial charge in [-0.15, -0.1) is 0 Å². The van der Waals surface area contributed by atoms with Crippen LogP contribution in [-0.2, 0) is 4.79 Å². The molecule has 1 aromatic rings. The topological polar surface area (TPSA) is 76.4 Å². The predicted molar refractivity (Wildman–Crippen MR) is 64.1 cm³/mol. The molecule has 0 saturated heterocycles. The summed E-state index contributed by atoms with van der Waals surface area (Å²) >= 11 is 0. The van der Waals surface area contributed by atoms with E-state index in [-0.39, 0.29) is 6.42 Å². The molecule has 0 aromatic heterocycles. The molecule has 0 bridgehead atoms. The van der Waals surface area contributed by atoms with Gasteiger partial charge in [0.15, 0.2) is 0 Å². The van der Waals surface area contributed by atoms with Gasteiger partial charge in [0.05, 0.1) is 29.4 Å². The molecule has 1 heterocycles. The van der Waals surface area contributed by atoms with Crippen LogP contribution in [0.5, 0.6) is 0 Å². The summed E-state index contributed by atoms with van der Waals surface area (Å²) in [4.78, 5) is 12.6. The normalized spacial score (nSPS) is 13.5. The zero-order valence-corrected chi connectivity index (χ0v) is 9.31. The summed E-state index contributed by atoms with van der Waals surface area (Å²) in [6, 6.07) is 7.51. The monoisotopic (exact) mass is 231 g/mol. The minimum absolute atomic E-state index is 0.107. The first-order valence-electron chi connectivity index (χ1n) is 5.45. The zero-order valence-electron chi connectivity index (χ0n) is 9.31. The van der Waals surface area contributed by atoms with Crippen LogP contribution in [0.15, 0.2) is 18.2 Å². The molecule has 1 aromatic carbocycles. The fourth-order valence-corrected chi connectivity index (χ4v) is 1.92. The number of aliphatic carboxylic acids is 1. The first-order valence-corrected chi connectivity index (χ1v) is 5.45. The number of rotatable bonds is 3. The van der Waals surface area contributed by atoms with E-state index >= 15 is 0 Å². The van der Waals surface area contributed by atoms with Crippen LogP contribution < -0.4 is 10.2 Å². The summed E-state index contributed by atoms with van der Waals surface area (Å²) in [7, 11) is 0. The van der Waals surface area contributed by atoms with Crippen LogP contribution in [0.3, 0.4) is 0 Å². The van der Waals surface area contributed by atoms with Crippen molar-refractivity contribution in [3.63, 3.8) is 0 Å². The lowest BCUT2D eigenvalue weighted by Crippen LogP contribution is -2.35. The molecule has 1 aliphatic heterocycles. The molecule has 2 rings (SSSR count). The van der Waals surface area contributed by atoms with Gasteiger partial charge >= 0.3 is 5.97 Å². The number of nitriles is 1. The minimum atomic E-state index is -0.804. The third-order valence-electron chi connectivity index (χ3n) is 2.76. The number of carboxylic acid groups (broad SMARTS) is 1. The Morgan fingerprint density at radius 2 is 2.41 bits per heavy atom. The first kappa shape index (κ1) is 11.3. The van der Waals surface area contributed by atoms with Crippen molar-refractivity contribution in [1.29, 1.82) is 5.26 Å². The summed E-state index contributed by atoms with van der Waals surface area (Å²) in [6.07, 6.45) is 0.107. The number of anilines is 2. The summed E-state index contributed by atoms with van der Waals surface area (Å²) in [5.41, 5.74) is 2.46. The van der Waals surface area contributed by atoms with Gasteiger partial charge in [-0.25, -0.2) is 0 Å². The van der Waals surface area contributed by atoms with Crippen molar-refractivity contribution >= 4 is 17.3 Å². The molecule has 0 radical (unpaired) electrons. The molecule has 0 amide bonds. The van der Waals surface area contributed by atoms with E-state index in [1.54, 1.807) is 12.1 Å². The Morgan fingerprint density at radius 1 is 1.59 bits per heavy atom. The standard InChI is InChI=1S/C12H13N3O2/c13-8-9-1-2-10-11(7-9)15(6-4-14-10)5-3-12(16)17/h1-2,7,14H,3-6H2,(H,16,17). The van der Waals surface area contributed by atoms with Crippen LogP contribution >= 0.6 is 0 Å². The summed E-state index contributed by atoms with van der Waals surface area (Å²) in [6.45, 7) is 2.02. The highest BCUT2D eigenvalue weighted by atomic mass is 16.4. The maximum absolute atomic E-state index is 10.6. The highest BCUT2D eigenvalue weighted by Gasteiger charge is 2.17. The van der Waals surface area contributed by atoms with Gasteiger partial charge in [0.1, 0.15) is 0 Å². The lowest BCUT2D eigenvalue weighted by molar-refractivity contribution is -0.136. The fourth-order valence-electron chi connectivity index (χ4n) is 1.92. The SMILES string of the molecule is N#Cc1ccc2c(c1)N(CCC(=O)O)CCN2. The first-order chi connectivity index (χ1) is 8.20. The number of nitrogens with zero attached hydrogens (tertiary/aromatic N) is 2. The van der Waals surface area contributed by atoms with E-state index in [2.05, 4.69) is 11.4 Å². The van der Waals surface area contributed by atoms with Crippen LogP contribution in [0, 0.1) is 11.3 Å². The second-order valence-corrected chi connectivity index (χ2v) is 3.90. The highest BCUT2D eigenvalue weighted by molar-refractivity contribution is 5.75. The van der Waals surface area contributed by atoms with E-state index < -0.39 is 5.97 Å². The largest absolute Gasteiger partial charge is 0.481 e. The molecule has 0 atom stereocenters. The Hall–Kier alpha value is -2.22. The van der Waals surface area contributed by atoms with Gasteiger partial charge in [0.2, 0.25) is 0 Å². The molecule has 0 unspecified atom stereocenters. The smallest absolute Gasteiger partial charge is 0.305 e. The van der Waals surface area contributed by atoms with Crippen LogP contribution in [0.2, 0.25) is 0 Å². The van der Waals surface area contributed by atoms with Crippen molar-refractivity contribution < 1.29 is 9.90 Å². The Bertz CT molecular complexity index is 479. The Labute approximate surface area is 99.3 Å². The van der Waals surface area contributed by atoms with Crippen molar-refractivity contribution in [1.82, 2.24) is 0 Å². The maximum atomic E-state index is 10.6. The zero-order chi connectivity index (χ0) is 12.3. The van der Waals surface area contributed by atoms with E-state index in [0.717, 1.165) is 24.5 Å². The van der Waals surface area contributed by atoms with E-state index in [9.17, 15) is 4.79 Å². The second-order valence-electron chi connectivity index (χ2n) is 3.90. The molecule has 5 heteroatoms. The van der Waals surface area contributed by atoms with Crippen LogP contribution in [0.25, 0.3) is 0 Å². The van der Waals surface area contributed by atoms with Crippen molar-refractivity contribution in [3.8, 4) is 6.07 Å². The average Bonchev–Trinajstić information content (AvgIpc) is 2.35. The van der Waals surface area contributed by atoms with Gasteiger partial charge in [-0.3, -0.25) is 4.79 Å². The number of fused-ring (bicyclic) bond motifs is 1. The van der Waals surface area contributed by atoms with E-state index in [1.165, 1.54) is 0 Å². The van der Waals surface area contributed by atoms with Crippen LogP contribution in [0.4, 0.5) is 11.4 Å². The Kier molecular flexibility index (Phi) is 3.15. The van der Waals surface area contributed by atoms with Gasteiger partial charge in [0.25, 0.3) is 0 Å². The van der Waals surface area contributed by atoms with Crippen molar-refractivity contribution in [2.24, 2.45) is 0 Å². The number of carboxylic acids is 1. The van der Waals surface area contributed by atoms with Gasteiger partial charge in [-0.1, -0.05) is 0 Å². The Balaban J connectivity index is 2.23. The average molecular weight is 231 g/mol.